The van der Waals surface area contributed by atoms with Crippen molar-refractivity contribution in [2.24, 2.45) is 11.1 Å². The lowest BCUT2D eigenvalue weighted by atomic mass is 9.87. The zero-order valence-electron chi connectivity index (χ0n) is 18.3. The Kier molecular flexibility index (Phi) is 8.35. The molecule has 2 aromatic rings. The summed E-state index contributed by atoms with van der Waals surface area (Å²) in [5, 5.41) is 12.6. The number of nitrogens with one attached hydrogen (secondary N) is 1. The van der Waals surface area contributed by atoms with Crippen LogP contribution >= 0.6 is 23.7 Å². The van der Waals surface area contributed by atoms with Gasteiger partial charge in [-0.05, 0) is 29.9 Å². The van der Waals surface area contributed by atoms with Crippen LogP contribution in [0, 0.1) is 12.3 Å². The molecule has 2 amide bonds. The van der Waals surface area contributed by atoms with Crippen LogP contribution in [0.2, 0.25) is 0 Å². The van der Waals surface area contributed by atoms with E-state index < -0.39 is 35.4 Å². The van der Waals surface area contributed by atoms with Gasteiger partial charge in [-0.2, -0.15) is 0 Å². The van der Waals surface area contributed by atoms with Gasteiger partial charge in [0.15, 0.2) is 0 Å². The highest BCUT2D eigenvalue weighted by molar-refractivity contribution is 7.13. The summed E-state index contributed by atoms with van der Waals surface area (Å²) in [6.45, 7) is 8.44. The molecule has 1 aromatic carbocycles. The third kappa shape index (κ3) is 6.11. The van der Waals surface area contributed by atoms with Crippen molar-refractivity contribution in [3.63, 3.8) is 0 Å². The molecule has 1 aliphatic heterocycles. The van der Waals surface area contributed by atoms with E-state index in [1.54, 1.807) is 11.3 Å². The summed E-state index contributed by atoms with van der Waals surface area (Å²) in [6, 6.07) is 6.78. The Morgan fingerprint density at radius 2 is 1.97 bits per heavy atom. The minimum atomic E-state index is -0.788. The molecule has 0 bridgehead atoms. The molecule has 9 heteroatoms. The number of amides is 2. The number of imide groups is 1. The Labute approximate surface area is 193 Å². The van der Waals surface area contributed by atoms with Crippen molar-refractivity contribution in [2.45, 2.75) is 58.8 Å². The standard InChI is InChI=1S/C22H30N4O3S.ClH/c1-13-18(30-12-24-13)15-7-5-14(6-8-15)10-26-11-16(27)9-17(26)20(28)25-21(29)19(23)22(2,3)4;/h5-8,12,16-17,19,27H,9-11,23H2,1-4H3,(H,25,28,29);1H/t16-,17+,19-;/m1./s1. The normalized spacial score (nSPS) is 20.2. The summed E-state index contributed by atoms with van der Waals surface area (Å²) in [7, 11) is 0. The Morgan fingerprint density at radius 3 is 2.52 bits per heavy atom. The third-order valence-electron chi connectivity index (χ3n) is 5.49. The van der Waals surface area contributed by atoms with Gasteiger partial charge in [0.05, 0.1) is 34.3 Å². The van der Waals surface area contributed by atoms with Crippen LogP contribution in [0.4, 0.5) is 0 Å². The van der Waals surface area contributed by atoms with E-state index in [9.17, 15) is 14.7 Å². The number of halogens is 1. The topological polar surface area (TPSA) is 109 Å². The summed E-state index contributed by atoms with van der Waals surface area (Å²) >= 11 is 1.61. The Hall–Kier alpha value is -1.84. The van der Waals surface area contributed by atoms with Gasteiger partial charge in [-0.15, -0.1) is 23.7 Å². The molecule has 1 saturated heterocycles. The van der Waals surface area contributed by atoms with E-state index >= 15 is 0 Å². The Morgan fingerprint density at radius 1 is 1.32 bits per heavy atom. The van der Waals surface area contributed by atoms with Crippen LogP contribution in [0.25, 0.3) is 10.4 Å². The largest absolute Gasteiger partial charge is 0.392 e. The van der Waals surface area contributed by atoms with Gasteiger partial charge < -0.3 is 10.8 Å². The van der Waals surface area contributed by atoms with E-state index in [0.717, 1.165) is 21.7 Å². The molecule has 2 heterocycles. The second-order valence-electron chi connectivity index (χ2n) is 9.00. The highest BCUT2D eigenvalue weighted by atomic mass is 35.5. The first-order valence-corrected chi connectivity index (χ1v) is 11.0. The van der Waals surface area contributed by atoms with Gasteiger partial charge >= 0.3 is 0 Å². The lowest BCUT2D eigenvalue weighted by Crippen LogP contribution is -2.53. The summed E-state index contributed by atoms with van der Waals surface area (Å²) < 4.78 is 0. The molecule has 3 rings (SSSR count). The van der Waals surface area contributed by atoms with Gasteiger partial charge in [0, 0.05) is 13.1 Å². The molecule has 0 radical (unpaired) electrons. The molecule has 0 saturated carbocycles. The number of aliphatic hydroxyl groups is 1. The number of aryl methyl sites for hydroxylation is 1. The molecule has 0 aliphatic carbocycles. The zero-order chi connectivity index (χ0) is 22.1. The minimum Gasteiger partial charge on any atom is -0.392 e. The molecule has 7 nitrogen and oxygen atoms in total. The SMILES string of the molecule is Cc1ncsc1-c1ccc(CN2C[C@H](O)C[C@H]2C(=O)NC(=O)[C@@H](N)C(C)(C)C)cc1.Cl. The Bertz CT molecular complexity index is 910. The van der Waals surface area contributed by atoms with Crippen molar-refractivity contribution in [3.05, 3.63) is 41.0 Å². The number of β-amino-alcohol motifs (C(OH)–C–C–N with tert-alkyl or cyclic N) is 1. The van der Waals surface area contributed by atoms with Gasteiger partial charge in [-0.3, -0.25) is 19.8 Å². The number of rotatable bonds is 5. The van der Waals surface area contributed by atoms with Crippen molar-refractivity contribution in [1.29, 1.82) is 0 Å². The lowest BCUT2D eigenvalue weighted by molar-refractivity contribution is -0.134. The molecular weight excluding hydrogens is 436 g/mol. The van der Waals surface area contributed by atoms with Crippen LogP contribution in [0.1, 0.15) is 38.4 Å². The van der Waals surface area contributed by atoms with Gasteiger partial charge in [0.25, 0.3) is 0 Å². The van der Waals surface area contributed by atoms with Crippen molar-refractivity contribution in [1.82, 2.24) is 15.2 Å². The van der Waals surface area contributed by atoms with Gasteiger partial charge in [0.1, 0.15) is 0 Å². The number of thiazole rings is 1. The molecule has 1 aliphatic rings. The molecule has 1 fully saturated rings. The summed E-state index contributed by atoms with van der Waals surface area (Å²) in [4.78, 5) is 32.4. The van der Waals surface area contributed by atoms with Crippen LogP contribution in [0.3, 0.4) is 0 Å². The van der Waals surface area contributed by atoms with Gasteiger partial charge in [-0.1, -0.05) is 45.0 Å². The molecule has 3 atom stereocenters. The smallest absolute Gasteiger partial charge is 0.244 e. The van der Waals surface area contributed by atoms with Crippen molar-refractivity contribution >= 4 is 35.6 Å². The predicted octanol–water partition coefficient (Wildman–Crippen LogP) is 2.49. The minimum absolute atomic E-state index is 0. The van der Waals surface area contributed by atoms with Crippen LogP contribution in [0.15, 0.2) is 29.8 Å². The number of likely N-dealkylation sites (tertiary alicyclic amines) is 1. The van der Waals surface area contributed by atoms with Crippen LogP contribution in [0.5, 0.6) is 0 Å². The van der Waals surface area contributed by atoms with E-state index in [4.69, 9.17) is 5.73 Å². The molecule has 170 valence electrons. The number of nitrogens with zero attached hydrogens (tertiary/aromatic N) is 2. The van der Waals surface area contributed by atoms with E-state index in [1.165, 1.54) is 0 Å². The fraction of sp³-hybridized carbons (Fsp3) is 0.500. The number of carbonyl (C=O) groups is 2. The first kappa shape index (κ1) is 25.4. The maximum atomic E-state index is 12.7. The van der Waals surface area contributed by atoms with Crippen molar-refractivity contribution < 1.29 is 14.7 Å². The van der Waals surface area contributed by atoms with Crippen LogP contribution < -0.4 is 11.1 Å². The molecule has 0 unspecified atom stereocenters. The average molecular weight is 467 g/mol. The molecule has 0 spiro atoms. The summed E-state index contributed by atoms with van der Waals surface area (Å²) in [5.41, 5.74) is 10.5. The molecular formula is C22H31ClN4O3S. The molecule has 1 aromatic heterocycles. The number of aromatic nitrogens is 1. The maximum Gasteiger partial charge on any atom is 0.244 e. The van der Waals surface area contributed by atoms with E-state index in [2.05, 4.69) is 10.3 Å². The van der Waals surface area contributed by atoms with Crippen LogP contribution in [-0.4, -0.2) is 51.5 Å². The molecule has 4 N–H and O–H groups in total. The lowest BCUT2D eigenvalue weighted by Gasteiger charge is -2.27. The monoisotopic (exact) mass is 466 g/mol. The van der Waals surface area contributed by atoms with Gasteiger partial charge in [-0.25, -0.2) is 4.98 Å². The second kappa shape index (κ2) is 10.2. The predicted molar refractivity (Wildman–Crippen MR) is 125 cm³/mol. The van der Waals surface area contributed by atoms with E-state index in [-0.39, 0.29) is 12.4 Å². The van der Waals surface area contributed by atoms with Gasteiger partial charge in [0.2, 0.25) is 11.8 Å². The fourth-order valence-corrected chi connectivity index (χ4v) is 4.39. The zero-order valence-corrected chi connectivity index (χ0v) is 19.9. The highest BCUT2D eigenvalue weighted by Crippen LogP contribution is 2.28. The number of aliphatic hydroxyl groups excluding tert-OH is 1. The number of benzene rings is 1. The second-order valence-corrected chi connectivity index (χ2v) is 9.85. The average Bonchev–Trinajstić information content (AvgIpc) is 3.26. The number of carbonyl (C=O) groups excluding carboxylic acids is 2. The quantitative estimate of drug-likeness (QED) is 0.624. The first-order chi connectivity index (χ1) is 14.1. The molecule has 31 heavy (non-hydrogen) atoms. The summed E-state index contributed by atoms with van der Waals surface area (Å²) in [5.74, 6) is -0.897. The van der Waals surface area contributed by atoms with Crippen LogP contribution in [-0.2, 0) is 16.1 Å². The van der Waals surface area contributed by atoms with Crippen molar-refractivity contribution in [2.75, 3.05) is 6.54 Å². The number of hydrogen-bond acceptors (Lipinski definition) is 7. The number of nitrogens with two attached hydrogens (primary N) is 1. The highest BCUT2D eigenvalue weighted by Gasteiger charge is 2.38. The maximum absolute atomic E-state index is 12.7. The van der Waals surface area contributed by atoms with E-state index in [1.807, 2.05) is 62.4 Å². The Balaban J connectivity index is 0.00000341. The van der Waals surface area contributed by atoms with E-state index in [0.29, 0.717) is 19.5 Å². The number of hydrogen-bond donors (Lipinski definition) is 3. The third-order valence-corrected chi connectivity index (χ3v) is 6.47. The van der Waals surface area contributed by atoms with Crippen molar-refractivity contribution in [3.8, 4) is 10.4 Å². The summed E-state index contributed by atoms with van der Waals surface area (Å²) in [6.07, 6.45) is -0.312. The fourth-order valence-electron chi connectivity index (χ4n) is 3.58. The first-order valence-electron chi connectivity index (χ1n) is 10.1.